The van der Waals surface area contributed by atoms with Crippen molar-refractivity contribution in [2.24, 2.45) is 11.3 Å². The molecule has 4 heteroatoms. The third-order valence-corrected chi connectivity index (χ3v) is 6.25. The number of ketones is 2. The van der Waals surface area contributed by atoms with Gasteiger partial charge in [0.1, 0.15) is 11.6 Å². The predicted octanol–water partition coefficient (Wildman–Crippen LogP) is 5.18. The van der Waals surface area contributed by atoms with Crippen LogP contribution in [0.4, 0.5) is 0 Å². The summed E-state index contributed by atoms with van der Waals surface area (Å²) in [5, 5.41) is 0. The first-order valence-electron chi connectivity index (χ1n) is 10.7. The van der Waals surface area contributed by atoms with Crippen LogP contribution in [0.3, 0.4) is 0 Å². The summed E-state index contributed by atoms with van der Waals surface area (Å²) >= 11 is 0. The topological polar surface area (TPSA) is 60.4 Å². The fourth-order valence-corrected chi connectivity index (χ4v) is 4.68. The van der Waals surface area contributed by atoms with Gasteiger partial charge in [0.05, 0.1) is 13.0 Å². The van der Waals surface area contributed by atoms with E-state index in [0.717, 1.165) is 42.4 Å². The Morgan fingerprint density at radius 3 is 2.10 bits per heavy atom. The highest BCUT2D eigenvalue weighted by atomic mass is 16.5. The third kappa shape index (κ3) is 5.24. The van der Waals surface area contributed by atoms with Crippen molar-refractivity contribution in [3.8, 4) is 11.1 Å². The second-order valence-electron chi connectivity index (χ2n) is 8.48. The summed E-state index contributed by atoms with van der Waals surface area (Å²) in [6, 6.07) is 18.2. The maximum absolute atomic E-state index is 13.2. The van der Waals surface area contributed by atoms with E-state index in [9.17, 15) is 14.4 Å². The molecular formula is C26H30O4. The van der Waals surface area contributed by atoms with Crippen molar-refractivity contribution in [2.45, 2.75) is 51.9 Å². The second-order valence-corrected chi connectivity index (χ2v) is 8.48. The van der Waals surface area contributed by atoms with Crippen LogP contribution < -0.4 is 0 Å². The smallest absolute Gasteiger partial charge is 0.309 e. The number of hydrogen-bond acceptors (Lipinski definition) is 4. The Kier molecular flexibility index (Phi) is 7.20. The quantitative estimate of drug-likeness (QED) is 0.538. The van der Waals surface area contributed by atoms with Crippen molar-refractivity contribution in [3.05, 3.63) is 60.2 Å². The average molecular weight is 407 g/mol. The third-order valence-electron chi connectivity index (χ3n) is 6.25. The van der Waals surface area contributed by atoms with Crippen LogP contribution in [0.1, 0.15) is 51.0 Å². The van der Waals surface area contributed by atoms with Gasteiger partial charge >= 0.3 is 5.97 Å². The van der Waals surface area contributed by atoms with Gasteiger partial charge in [-0.1, -0.05) is 67.4 Å². The van der Waals surface area contributed by atoms with Crippen LogP contribution in [0, 0.1) is 11.3 Å². The molecule has 1 atom stereocenters. The van der Waals surface area contributed by atoms with Crippen molar-refractivity contribution >= 4 is 17.5 Å². The maximum Gasteiger partial charge on any atom is 0.309 e. The van der Waals surface area contributed by atoms with Gasteiger partial charge in [-0.15, -0.1) is 0 Å². The molecule has 0 N–H and O–H groups in total. The Morgan fingerprint density at radius 1 is 0.933 bits per heavy atom. The van der Waals surface area contributed by atoms with E-state index in [-0.39, 0.29) is 30.4 Å². The molecular weight excluding hydrogens is 376 g/mol. The molecule has 1 saturated carbocycles. The highest BCUT2D eigenvalue weighted by Gasteiger charge is 2.42. The molecule has 0 aliphatic heterocycles. The summed E-state index contributed by atoms with van der Waals surface area (Å²) < 4.78 is 5.00. The van der Waals surface area contributed by atoms with Crippen molar-refractivity contribution in [3.63, 3.8) is 0 Å². The SMILES string of the molecule is COC(=O)[C@H](CC(=O)C1(CC(C)=O)CCCC1)Cc1ccc(-c2ccccc2)cc1. The minimum atomic E-state index is -0.588. The zero-order valence-electron chi connectivity index (χ0n) is 17.9. The number of rotatable bonds is 9. The first-order chi connectivity index (χ1) is 14.4. The van der Waals surface area contributed by atoms with Crippen LogP contribution in [0.25, 0.3) is 11.1 Å². The molecule has 2 aromatic rings. The van der Waals surface area contributed by atoms with Gasteiger partial charge in [-0.05, 0) is 42.9 Å². The number of Topliss-reactive ketones (excluding diaryl/α,β-unsaturated/α-hetero) is 2. The van der Waals surface area contributed by atoms with E-state index in [0.29, 0.717) is 6.42 Å². The Morgan fingerprint density at radius 2 is 1.53 bits per heavy atom. The lowest BCUT2D eigenvalue weighted by Gasteiger charge is -2.28. The summed E-state index contributed by atoms with van der Waals surface area (Å²) in [6.45, 7) is 1.54. The van der Waals surface area contributed by atoms with Crippen LogP contribution >= 0.6 is 0 Å². The molecule has 0 spiro atoms. The zero-order valence-corrected chi connectivity index (χ0v) is 17.9. The minimum absolute atomic E-state index is 0.0338. The van der Waals surface area contributed by atoms with E-state index in [1.807, 2.05) is 42.5 Å². The van der Waals surface area contributed by atoms with Gasteiger partial charge < -0.3 is 4.74 Å². The summed E-state index contributed by atoms with van der Waals surface area (Å²) in [5.74, 6) is -0.830. The van der Waals surface area contributed by atoms with Crippen molar-refractivity contribution in [1.82, 2.24) is 0 Å². The number of ether oxygens (including phenoxy) is 1. The Balaban J connectivity index is 1.74. The average Bonchev–Trinajstić information content (AvgIpc) is 3.23. The molecule has 4 nitrogen and oxygen atoms in total. The van der Waals surface area contributed by atoms with Crippen LogP contribution in [0.2, 0.25) is 0 Å². The first-order valence-corrected chi connectivity index (χ1v) is 10.7. The van der Waals surface area contributed by atoms with E-state index in [4.69, 9.17) is 4.74 Å². The first kappa shape index (κ1) is 21.9. The van der Waals surface area contributed by atoms with Gasteiger partial charge in [-0.2, -0.15) is 0 Å². The second kappa shape index (κ2) is 9.84. The number of benzene rings is 2. The van der Waals surface area contributed by atoms with Crippen LogP contribution in [0.15, 0.2) is 54.6 Å². The van der Waals surface area contributed by atoms with E-state index in [1.165, 1.54) is 7.11 Å². The van der Waals surface area contributed by atoms with Crippen LogP contribution in [-0.4, -0.2) is 24.6 Å². The van der Waals surface area contributed by atoms with E-state index < -0.39 is 11.3 Å². The Hall–Kier alpha value is -2.75. The van der Waals surface area contributed by atoms with Crippen molar-refractivity contribution in [1.29, 1.82) is 0 Å². The summed E-state index contributed by atoms with van der Waals surface area (Å²) in [4.78, 5) is 37.4. The minimum Gasteiger partial charge on any atom is -0.469 e. The molecule has 0 aromatic heterocycles. The molecule has 30 heavy (non-hydrogen) atoms. The van der Waals surface area contributed by atoms with Crippen LogP contribution in [-0.2, 0) is 25.5 Å². The Labute approximate surface area is 178 Å². The van der Waals surface area contributed by atoms with E-state index in [1.54, 1.807) is 6.92 Å². The van der Waals surface area contributed by atoms with Gasteiger partial charge in [0.2, 0.25) is 0 Å². The van der Waals surface area contributed by atoms with Gasteiger partial charge in [0.25, 0.3) is 0 Å². The standard InChI is InChI=1S/C26H30O4/c1-19(27)18-26(14-6-7-15-26)24(28)17-23(25(29)30-2)16-20-10-12-22(13-11-20)21-8-4-3-5-9-21/h3-5,8-13,23H,6-7,14-18H2,1-2H3/t23-/m0/s1. The van der Waals surface area contributed by atoms with Crippen molar-refractivity contribution < 1.29 is 19.1 Å². The number of esters is 1. The summed E-state index contributed by atoms with van der Waals surface area (Å²) in [7, 11) is 1.36. The molecule has 3 rings (SSSR count). The van der Waals surface area contributed by atoms with Crippen LogP contribution in [0.5, 0.6) is 0 Å². The highest BCUT2D eigenvalue weighted by Crippen LogP contribution is 2.43. The number of carbonyl (C=O) groups excluding carboxylic acids is 3. The molecule has 158 valence electrons. The van der Waals surface area contributed by atoms with Crippen molar-refractivity contribution in [2.75, 3.05) is 7.11 Å². The molecule has 0 bridgehead atoms. The summed E-state index contributed by atoms with van der Waals surface area (Å²) in [5.41, 5.74) is 2.65. The fourth-order valence-electron chi connectivity index (χ4n) is 4.68. The number of carbonyl (C=O) groups is 3. The largest absolute Gasteiger partial charge is 0.469 e. The molecule has 1 fully saturated rings. The number of methoxy groups -OCH3 is 1. The monoisotopic (exact) mass is 406 g/mol. The van der Waals surface area contributed by atoms with E-state index >= 15 is 0 Å². The Bertz CT molecular complexity index is 877. The lowest BCUT2D eigenvalue weighted by molar-refractivity contribution is -0.148. The van der Waals surface area contributed by atoms with Gasteiger partial charge in [-0.3, -0.25) is 14.4 Å². The molecule has 1 aliphatic rings. The molecule has 0 amide bonds. The highest BCUT2D eigenvalue weighted by molar-refractivity contribution is 5.92. The number of hydrogen-bond donors (Lipinski definition) is 0. The lowest BCUT2D eigenvalue weighted by atomic mass is 9.74. The molecule has 0 heterocycles. The molecule has 0 unspecified atom stereocenters. The molecule has 2 aromatic carbocycles. The zero-order chi connectivity index (χ0) is 21.6. The normalized spacial score (nSPS) is 16.1. The van der Waals surface area contributed by atoms with Gasteiger partial charge in [0, 0.05) is 18.3 Å². The molecule has 0 saturated heterocycles. The van der Waals surface area contributed by atoms with E-state index in [2.05, 4.69) is 12.1 Å². The fraction of sp³-hybridized carbons (Fsp3) is 0.423. The van der Waals surface area contributed by atoms with Gasteiger partial charge in [0.15, 0.2) is 0 Å². The maximum atomic E-state index is 13.2. The molecule has 1 aliphatic carbocycles. The van der Waals surface area contributed by atoms with Gasteiger partial charge in [-0.25, -0.2) is 0 Å². The predicted molar refractivity (Wildman–Crippen MR) is 117 cm³/mol. The summed E-state index contributed by atoms with van der Waals surface area (Å²) in [6.07, 6.45) is 4.26. The lowest BCUT2D eigenvalue weighted by Crippen LogP contribution is -2.34. The molecule has 0 radical (unpaired) electrons.